The normalized spacial score (nSPS) is 37.6. The Bertz CT molecular complexity index is 1690. The molecule has 1 N–H and O–H groups in total. The molecular formula is C48H74N2O7. The predicted molar refractivity (Wildman–Crippen MR) is 220 cm³/mol. The van der Waals surface area contributed by atoms with Gasteiger partial charge in [0.25, 0.3) is 0 Å². The van der Waals surface area contributed by atoms with Crippen LogP contribution in [0.3, 0.4) is 0 Å². The van der Waals surface area contributed by atoms with Crippen LogP contribution in [0.1, 0.15) is 165 Å². The number of carbonyl (C=O) groups excluding carboxylic acids is 4. The van der Waals surface area contributed by atoms with E-state index in [9.17, 15) is 29.1 Å². The third-order valence-corrected chi connectivity index (χ3v) is 18.4. The Hall–Kier alpha value is -2.71. The molecule has 8 atom stereocenters. The van der Waals surface area contributed by atoms with Gasteiger partial charge in [-0.15, -0.1) is 0 Å². The molecule has 0 bridgehead atoms. The summed E-state index contributed by atoms with van der Waals surface area (Å²) in [5.41, 5.74) is 1.09. The van der Waals surface area contributed by atoms with Gasteiger partial charge in [-0.3, -0.25) is 24.0 Å². The number of ether oxygens (including phenoxy) is 1. The minimum absolute atomic E-state index is 0.0287. The predicted octanol–water partition coefficient (Wildman–Crippen LogP) is 9.02. The Balaban J connectivity index is 1.13. The van der Waals surface area contributed by atoms with E-state index in [1.807, 2.05) is 0 Å². The zero-order chi connectivity index (χ0) is 41.5. The average Bonchev–Trinajstić information content (AvgIpc) is 3.64. The number of Topliss-reactive ketones (excluding diaryl/α,β-unsaturated/α-hetero) is 1. The molecule has 1 saturated heterocycles. The largest absolute Gasteiger partial charge is 0.481 e. The van der Waals surface area contributed by atoms with Gasteiger partial charge in [-0.1, -0.05) is 60.5 Å². The molecule has 1 aliphatic heterocycles. The molecule has 0 aromatic carbocycles. The molecule has 0 radical (unpaired) electrons. The van der Waals surface area contributed by atoms with E-state index in [1.165, 1.54) is 12.0 Å². The second-order valence-electron chi connectivity index (χ2n) is 22.5. The fraction of sp³-hybridized carbons (Fsp3) is 0.854. The molecule has 2 amide bonds. The third-order valence-electron chi connectivity index (χ3n) is 18.4. The summed E-state index contributed by atoms with van der Waals surface area (Å²) in [6, 6.07) is 0. The summed E-state index contributed by atoms with van der Waals surface area (Å²) in [7, 11) is 0. The molecule has 7 aliphatic rings. The third kappa shape index (κ3) is 6.92. The number of allylic oxidation sites excluding steroid dienone is 2. The molecule has 7 rings (SSSR count). The Morgan fingerprint density at radius 3 is 2.23 bits per heavy atom. The van der Waals surface area contributed by atoms with Crippen molar-refractivity contribution in [2.45, 2.75) is 171 Å². The van der Waals surface area contributed by atoms with Crippen LogP contribution in [0.5, 0.6) is 0 Å². The number of rotatable bonds is 12. The first kappa shape index (κ1) is 42.4. The van der Waals surface area contributed by atoms with Gasteiger partial charge in [-0.25, -0.2) is 0 Å². The van der Waals surface area contributed by atoms with Crippen molar-refractivity contribution < 1.29 is 33.8 Å². The lowest BCUT2D eigenvalue weighted by atomic mass is 9.33. The number of aliphatic carboxylic acids is 1. The molecule has 6 fully saturated rings. The second-order valence-corrected chi connectivity index (χ2v) is 22.5. The quantitative estimate of drug-likeness (QED) is 0.196. The molecule has 9 nitrogen and oxygen atoms in total. The van der Waals surface area contributed by atoms with Crippen LogP contribution in [-0.4, -0.2) is 76.7 Å². The van der Waals surface area contributed by atoms with Crippen LogP contribution in [0.2, 0.25) is 0 Å². The van der Waals surface area contributed by atoms with Crippen molar-refractivity contribution in [3.05, 3.63) is 11.1 Å². The number of carbonyl (C=O) groups is 5. The summed E-state index contributed by atoms with van der Waals surface area (Å²) in [5.74, 6) is 0.982. The van der Waals surface area contributed by atoms with Crippen LogP contribution in [0.25, 0.3) is 0 Å². The topological polar surface area (TPSA) is 121 Å². The van der Waals surface area contributed by atoms with Crippen molar-refractivity contribution in [3.8, 4) is 0 Å². The first-order valence-corrected chi connectivity index (χ1v) is 22.9. The van der Waals surface area contributed by atoms with E-state index in [1.54, 1.807) is 18.7 Å². The highest BCUT2D eigenvalue weighted by atomic mass is 16.5. The summed E-state index contributed by atoms with van der Waals surface area (Å²) in [5, 5.41) is 9.65. The number of carboxylic acids is 1. The highest BCUT2D eigenvalue weighted by molar-refractivity contribution is 6.00. The van der Waals surface area contributed by atoms with Gasteiger partial charge in [0.15, 0.2) is 5.78 Å². The zero-order valence-electron chi connectivity index (χ0n) is 36.9. The second kappa shape index (κ2) is 14.8. The molecule has 9 heteroatoms. The zero-order valence-corrected chi connectivity index (χ0v) is 36.9. The highest BCUT2D eigenvalue weighted by Gasteiger charge is 2.70. The number of nitrogens with zero attached hydrogens (tertiary/aromatic N) is 2. The monoisotopic (exact) mass is 791 g/mol. The summed E-state index contributed by atoms with van der Waals surface area (Å²) in [4.78, 5) is 69.5. The average molecular weight is 791 g/mol. The maximum absolute atomic E-state index is 14.3. The van der Waals surface area contributed by atoms with Gasteiger partial charge in [-0.2, -0.15) is 0 Å². The number of hydrogen-bond donors (Lipinski definition) is 1. The molecule has 1 heterocycles. The van der Waals surface area contributed by atoms with E-state index in [0.29, 0.717) is 55.4 Å². The fourth-order valence-corrected chi connectivity index (χ4v) is 14.7. The summed E-state index contributed by atoms with van der Waals surface area (Å²) in [6.45, 7) is 22.1. The molecular weight excluding hydrogens is 717 g/mol. The SMILES string of the molecule is CC(C)C1=C2[C@H]3CCC4[C@@]5(C)CC[C@H](OC(=O)CC(C)(C)C(=O)O)C(C)(C)C5CC[C@@]4(C)[C@]3(C)CC[C@@]2(CCN(CC2CCC2)C(=O)CN2CCCC2=O)CC1=O. The smallest absolute Gasteiger partial charge is 0.309 e. The van der Waals surface area contributed by atoms with Crippen LogP contribution in [-0.2, 0) is 28.7 Å². The standard InChI is InChI=1S/C48H74N2O7/c1-30(2)40-33(51)26-48(23-25-50(28-31-12-10-13-31)38(53)29-49-24-11-14-37(49)52)22-21-46(8)32(41(40)48)15-16-35-45(7)19-18-36(57-39(54)27-43(3,4)42(55)56)44(5,6)34(45)17-20-47(35,46)9/h30-32,34-36H,10-29H2,1-9H3,(H,55,56)/t32-,34?,35?,36+,45+,46-,47-,48-/m1/s1. The van der Waals surface area contributed by atoms with E-state index in [0.717, 1.165) is 89.2 Å². The number of fused-ring (bicyclic) bond motifs is 7. The van der Waals surface area contributed by atoms with Gasteiger partial charge in [0.05, 0.1) is 18.4 Å². The molecule has 0 aromatic heterocycles. The summed E-state index contributed by atoms with van der Waals surface area (Å²) >= 11 is 0. The molecule has 6 aliphatic carbocycles. The highest BCUT2D eigenvalue weighted by Crippen LogP contribution is 2.77. The summed E-state index contributed by atoms with van der Waals surface area (Å²) < 4.78 is 6.20. The van der Waals surface area contributed by atoms with E-state index in [4.69, 9.17) is 4.74 Å². The molecule has 5 saturated carbocycles. The summed E-state index contributed by atoms with van der Waals surface area (Å²) in [6.07, 6.45) is 14.1. The van der Waals surface area contributed by atoms with E-state index in [2.05, 4.69) is 53.4 Å². The maximum Gasteiger partial charge on any atom is 0.309 e. The van der Waals surface area contributed by atoms with Crippen LogP contribution in [0.15, 0.2) is 11.1 Å². The van der Waals surface area contributed by atoms with Crippen molar-refractivity contribution in [2.75, 3.05) is 26.2 Å². The van der Waals surface area contributed by atoms with Crippen LogP contribution >= 0.6 is 0 Å². The Morgan fingerprint density at radius 2 is 1.61 bits per heavy atom. The molecule has 0 spiro atoms. The number of amides is 2. The molecule has 57 heavy (non-hydrogen) atoms. The maximum atomic E-state index is 14.3. The van der Waals surface area contributed by atoms with E-state index in [-0.39, 0.29) is 63.9 Å². The number of hydrogen-bond acceptors (Lipinski definition) is 6. The first-order valence-electron chi connectivity index (χ1n) is 22.9. The Morgan fingerprint density at radius 1 is 0.895 bits per heavy atom. The van der Waals surface area contributed by atoms with Crippen molar-refractivity contribution in [1.82, 2.24) is 9.80 Å². The molecule has 0 aromatic rings. The molecule has 318 valence electrons. The van der Waals surface area contributed by atoms with Crippen molar-refractivity contribution in [2.24, 2.45) is 62.1 Å². The Kier molecular flexibility index (Phi) is 11.0. The van der Waals surface area contributed by atoms with Gasteiger partial charge in [0, 0.05) is 43.3 Å². The number of ketones is 1. The lowest BCUT2D eigenvalue weighted by Gasteiger charge is -2.72. The van der Waals surface area contributed by atoms with Gasteiger partial charge in [0.2, 0.25) is 11.8 Å². The van der Waals surface area contributed by atoms with Gasteiger partial charge < -0.3 is 19.6 Å². The lowest BCUT2D eigenvalue weighted by Crippen LogP contribution is -2.65. The number of carboxylic acid groups (broad SMARTS) is 1. The first-order chi connectivity index (χ1) is 26.6. The minimum Gasteiger partial charge on any atom is -0.481 e. The van der Waals surface area contributed by atoms with Crippen molar-refractivity contribution in [1.29, 1.82) is 0 Å². The van der Waals surface area contributed by atoms with Crippen molar-refractivity contribution in [3.63, 3.8) is 0 Å². The lowest BCUT2D eigenvalue weighted by molar-refractivity contribution is -0.233. The van der Waals surface area contributed by atoms with E-state index >= 15 is 0 Å². The Labute approximate surface area is 342 Å². The van der Waals surface area contributed by atoms with Crippen molar-refractivity contribution >= 4 is 29.5 Å². The van der Waals surface area contributed by atoms with Gasteiger partial charge in [0.1, 0.15) is 6.10 Å². The van der Waals surface area contributed by atoms with E-state index < -0.39 is 17.4 Å². The number of esters is 1. The fourth-order valence-electron chi connectivity index (χ4n) is 14.7. The minimum atomic E-state index is -1.17. The van der Waals surface area contributed by atoms with Crippen LogP contribution in [0, 0.1) is 62.1 Å². The molecule has 2 unspecified atom stereocenters. The van der Waals surface area contributed by atoms with Gasteiger partial charge >= 0.3 is 11.9 Å². The van der Waals surface area contributed by atoms with Gasteiger partial charge in [-0.05, 0) is 142 Å². The number of likely N-dealkylation sites (tertiary alicyclic amines) is 1. The van der Waals surface area contributed by atoms with Crippen LogP contribution in [0.4, 0.5) is 0 Å². The van der Waals surface area contributed by atoms with Crippen LogP contribution < -0.4 is 0 Å².